The van der Waals surface area contributed by atoms with Gasteiger partial charge in [0.05, 0.1) is 12.1 Å². The molecule has 4 rings (SSSR count). The minimum atomic E-state index is 0.0116. The van der Waals surface area contributed by atoms with E-state index >= 15 is 0 Å². The zero-order valence-electron chi connectivity index (χ0n) is 14.7. The van der Waals surface area contributed by atoms with Crippen molar-refractivity contribution in [3.05, 3.63) is 36.4 Å². The molecule has 25 heavy (non-hydrogen) atoms. The van der Waals surface area contributed by atoms with E-state index in [0.29, 0.717) is 6.04 Å². The van der Waals surface area contributed by atoms with E-state index < -0.39 is 0 Å². The van der Waals surface area contributed by atoms with E-state index in [4.69, 9.17) is 14.0 Å². The molecule has 4 heterocycles. The zero-order chi connectivity index (χ0) is 17.1. The second-order valence-corrected chi connectivity index (χ2v) is 7.13. The molecule has 6 heteroatoms. The van der Waals surface area contributed by atoms with Gasteiger partial charge in [0.2, 0.25) is 0 Å². The molecular weight excluding hydrogens is 318 g/mol. The fourth-order valence-electron chi connectivity index (χ4n) is 3.88. The molecule has 2 aliphatic heterocycles. The summed E-state index contributed by atoms with van der Waals surface area (Å²) < 4.78 is 17.2. The topological polar surface area (TPSA) is 60.6 Å². The van der Waals surface area contributed by atoms with E-state index in [2.05, 4.69) is 22.1 Å². The highest BCUT2D eigenvalue weighted by molar-refractivity contribution is 5.57. The Balaban J connectivity index is 1.40. The van der Waals surface area contributed by atoms with Gasteiger partial charge >= 0.3 is 0 Å². The number of pyridine rings is 1. The predicted molar refractivity (Wildman–Crippen MR) is 93.0 cm³/mol. The largest absolute Gasteiger partial charge is 0.381 e. The number of hydrogen-bond donors (Lipinski definition) is 0. The minimum Gasteiger partial charge on any atom is -0.381 e. The second-order valence-electron chi connectivity index (χ2n) is 7.13. The molecule has 1 spiro atoms. The van der Waals surface area contributed by atoms with Gasteiger partial charge in [-0.25, -0.2) is 0 Å². The van der Waals surface area contributed by atoms with Crippen LogP contribution >= 0.6 is 0 Å². The first kappa shape index (κ1) is 16.7. The fourth-order valence-corrected chi connectivity index (χ4v) is 3.88. The third kappa shape index (κ3) is 3.76. The van der Waals surface area contributed by atoms with Crippen molar-refractivity contribution in [2.24, 2.45) is 0 Å². The van der Waals surface area contributed by atoms with Crippen molar-refractivity contribution in [2.75, 3.05) is 26.9 Å². The van der Waals surface area contributed by atoms with Crippen molar-refractivity contribution in [3.8, 4) is 11.3 Å². The summed E-state index contributed by atoms with van der Waals surface area (Å²) in [7, 11) is 2.16. The number of rotatable bonds is 4. The molecule has 2 aliphatic rings. The maximum atomic E-state index is 6.15. The molecule has 0 saturated carbocycles. The van der Waals surface area contributed by atoms with E-state index in [0.717, 1.165) is 69.1 Å². The standard InChI is InChI=1S/C19H25N3O3/c1-22(16-4-8-24-19(12-16)5-9-23-10-6-19)14-17-11-18(21-25-17)15-3-2-7-20-13-15/h2-3,7,11,13,16H,4-6,8-10,12,14H2,1H3/t16-/m1/s1. The highest BCUT2D eigenvalue weighted by atomic mass is 16.5. The van der Waals surface area contributed by atoms with Crippen LogP contribution < -0.4 is 0 Å². The maximum Gasteiger partial charge on any atom is 0.151 e. The number of nitrogens with zero attached hydrogens (tertiary/aromatic N) is 3. The van der Waals surface area contributed by atoms with Gasteiger partial charge in [0.15, 0.2) is 5.76 Å². The van der Waals surface area contributed by atoms with E-state index in [1.54, 1.807) is 12.4 Å². The van der Waals surface area contributed by atoms with Crippen molar-refractivity contribution in [3.63, 3.8) is 0 Å². The van der Waals surface area contributed by atoms with Crippen LogP contribution in [0.15, 0.2) is 35.1 Å². The van der Waals surface area contributed by atoms with Crippen LogP contribution in [0.2, 0.25) is 0 Å². The Morgan fingerprint density at radius 3 is 2.96 bits per heavy atom. The van der Waals surface area contributed by atoms with Crippen LogP contribution in [0.3, 0.4) is 0 Å². The lowest BCUT2D eigenvalue weighted by molar-refractivity contribution is -0.150. The fraction of sp³-hybridized carbons (Fsp3) is 0.579. The van der Waals surface area contributed by atoms with Crippen LogP contribution in [0.4, 0.5) is 0 Å². The first-order valence-electron chi connectivity index (χ1n) is 9.02. The van der Waals surface area contributed by atoms with Gasteiger partial charge in [-0.1, -0.05) is 5.16 Å². The van der Waals surface area contributed by atoms with Gasteiger partial charge < -0.3 is 14.0 Å². The average Bonchev–Trinajstić information content (AvgIpc) is 3.12. The Bertz CT molecular complexity index is 677. The van der Waals surface area contributed by atoms with Gasteiger partial charge in [-0.2, -0.15) is 0 Å². The molecule has 134 valence electrons. The van der Waals surface area contributed by atoms with Crippen molar-refractivity contribution >= 4 is 0 Å². The molecule has 0 radical (unpaired) electrons. The summed E-state index contributed by atoms with van der Waals surface area (Å²) in [6.07, 6.45) is 7.70. The summed E-state index contributed by atoms with van der Waals surface area (Å²) >= 11 is 0. The first-order valence-corrected chi connectivity index (χ1v) is 9.02. The van der Waals surface area contributed by atoms with Gasteiger partial charge in [-0.3, -0.25) is 9.88 Å². The van der Waals surface area contributed by atoms with Crippen molar-refractivity contribution in [1.82, 2.24) is 15.0 Å². The number of ether oxygens (including phenoxy) is 2. The molecule has 1 atom stereocenters. The Hall–Kier alpha value is -1.76. The number of aromatic nitrogens is 2. The summed E-state index contributed by atoms with van der Waals surface area (Å²) in [4.78, 5) is 6.51. The average molecular weight is 343 g/mol. The zero-order valence-corrected chi connectivity index (χ0v) is 14.7. The van der Waals surface area contributed by atoms with Gasteiger partial charge in [0.25, 0.3) is 0 Å². The van der Waals surface area contributed by atoms with Crippen LogP contribution in [0.5, 0.6) is 0 Å². The molecule has 0 aromatic carbocycles. The molecule has 0 bridgehead atoms. The Morgan fingerprint density at radius 2 is 2.16 bits per heavy atom. The minimum absolute atomic E-state index is 0.0116. The highest BCUT2D eigenvalue weighted by Crippen LogP contribution is 2.36. The van der Waals surface area contributed by atoms with Crippen molar-refractivity contribution in [2.45, 2.75) is 43.9 Å². The molecule has 0 N–H and O–H groups in total. The summed E-state index contributed by atoms with van der Waals surface area (Å²) in [6.45, 7) is 3.21. The van der Waals surface area contributed by atoms with Crippen molar-refractivity contribution < 1.29 is 14.0 Å². The lowest BCUT2D eigenvalue weighted by Crippen LogP contribution is -2.50. The molecule has 2 aromatic heterocycles. The second kappa shape index (κ2) is 7.23. The summed E-state index contributed by atoms with van der Waals surface area (Å²) in [5.74, 6) is 0.883. The quantitative estimate of drug-likeness (QED) is 0.851. The third-order valence-electron chi connectivity index (χ3n) is 5.42. The molecule has 0 aliphatic carbocycles. The summed E-state index contributed by atoms with van der Waals surface area (Å²) in [5.41, 5.74) is 1.83. The lowest BCUT2D eigenvalue weighted by atomic mass is 9.83. The Kier molecular flexibility index (Phi) is 4.83. The maximum absolute atomic E-state index is 6.15. The third-order valence-corrected chi connectivity index (χ3v) is 5.42. The van der Waals surface area contributed by atoms with Crippen LogP contribution in [-0.4, -0.2) is 53.6 Å². The first-order chi connectivity index (χ1) is 12.2. The SMILES string of the molecule is CN(Cc1cc(-c2cccnc2)no1)[C@@H]1CCOC2(CCOCC2)C1. The van der Waals surface area contributed by atoms with E-state index in [1.165, 1.54) is 0 Å². The molecule has 2 fully saturated rings. The molecule has 0 amide bonds. The molecule has 2 aromatic rings. The summed E-state index contributed by atoms with van der Waals surface area (Å²) in [6, 6.07) is 6.41. The van der Waals surface area contributed by atoms with E-state index in [-0.39, 0.29) is 5.60 Å². The molecule has 0 unspecified atom stereocenters. The Labute approximate surface area is 148 Å². The van der Waals surface area contributed by atoms with Crippen LogP contribution in [-0.2, 0) is 16.0 Å². The van der Waals surface area contributed by atoms with Crippen LogP contribution in [0.1, 0.15) is 31.4 Å². The summed E-state index contributed by atoms with van der Waals surface area (Å²) in [5, 5.41) is 4.19. The van der Waals surface area contributed by atoms with Gasteiger partial charge in [0, 0.05) is 49.9 Å². The van der Waals surface area contributed by atoms with E-state index in [1.807, 2.05) is 18.2 Å². The number of hydrogen-bond acceptors (Lipinski definition) is 6. The monoisotopic (exact) mass is 343 g/mol. The van der Waals surface area contributed by atoms with Gasteiger partial charge in [-0.15, -0.1) is 0 Å². The van der Waals surface area contributed by atoms with Crippen LogP contribution in [0, 0.1) is 0 Å². The lowest BCUT2D eigenvalue weighted by Gasteiger charge is -2.45. The smallest absolute Gasteiger partial charge is 0.151 e. The molecular formula is C19H25N3O3. The highest BCUT2D eigenvalue weighted by Gasteiger charge is 2.40. The molecule has 2 saturated heterocycles. The van der Waals surface area contributed by atoms with Gasteiger partial charge in [-0.05, 0) is 44.9 Å². The Morgan fingerprint density at radius 1 is 1.28 bits per heavy atom. The van der Waals surface area contributed by atoms with Crippen LogP contribution in [0.25, 0.3) is 11.3 Å². The van der Waals surface area contributed by atoms with E-state index in [9.17, 15) is 0 Å². The normalized spacial score (nSPS) is 23.2. The van der Waals surface area contributed by atoms with Crippen molar-refractivity contribution in [1.29, 1.82) is 0 Å². The van der Waals surface area contributed by atoms with Gasteiger partial charge in [0.1, 0.15) is 5.69 Å². The predicted octanol–water partition coefficient (Wildman–Crippen LogP) is 2.90. The molecule has 6 nitrogen and oxygen atoms in total.